The Bertz CT molecular complexity index is 798. The molecule has 0 spiro atoms. The summed E-state index contributed by atoms with van der Waals surface area (Å²) < 4.78 is 21.2. The second-order valence-electron chi connectivity index (χ2n) is 6.66. The van der Waals surface area contributed by atoms with Crippen molar-refractivity contribution in [3.8, 4) is 0 Å². The molecule has 0 N–H and O–H groups in total. The van der Waals surface area contributed by atoms with Gasteiger partial charge in [-0.25, -0.2) is 14.1 Å². The highest BCUT2D eigenvalue weighted by Gasteiger charge is 2.55. The number of carbonyl (C=O) groups excluding carboxylic acids is 2. The molecule has 124 valence electrons. The first-order valence-electron chi connectivity index (χ1n) is 7.66. The van der Waals surface area contributed by atoms with E-state index in [0.29, 0.717) is 0 Å². The van der Waals surface area contributed by atoms with Gasteiger partial charge in [0.1, 0.15) is 5.60 Å². The monoisotopic (exact) mass is 327 g/mol. The van der Waals surface area contributed by atoms with Crippen LogP contribution in [0.3, 0.4) is 0 Å². The van der Waals surface area contributed by atoms with Gasteiger partial charge in [0.25, 0.3) is 5.91 Å². The number of fused-ring (bicyclic) bond motifs is 1. The normalized spacial score (nSPS) is 20.0. The van der Waals surface area contributed by atoms with Gasteiger partial charge < -0.3 is 4.74 Å². The standard InChI is InChI=1S/C19H18FNO3/c1-18(2,3)24-17(23)21-15-12-8-7-11-14(15)19(20,16(21)22)13-9-5-4-6-10-13/h4-12H,1-3H3/t19-/m0/s1. The Balaban J connectivity index is 2.13. The first-order chi connectivity index (χ1) is 11.2. The third kappa shape index (κ3) is 2.46. The second-order valence-corrected chi connectivity index (χ2v) is 6.66. The van der Waals surface area contributed by atoms with Crippen molar-refractivity contribution in [2.24, 2.45) is 0 Å². The lowest BCUT2D eigenvalue weighted by Gasteiger charge is -2.24. The quantitative estimate of drug-likeness (QED) is 0.789. The molecular weight excluding hydrogens is 309 g/mol. The van der Waals surface area contributed by atoms with E-state index in [1.807, 2.05) is 0 Å². The Morgan fingerprint density at radius 1 is 1.04 bits per heavy atom. The molecule has 0 saturated heterocycles. The fraction of sp³-hybridized carbons (Fsp3) is 0.263. The molecular formula is C19H18FNO3. The van der Waals surface area contributed by atoms with Crippen molar-refractivity contribution in [1.29, 1.82) is 0 Å². The van der Waals surface area contributed by atoms with E-state index in [-0.39, 0.29) is 16.8 Å². The van der Waals surface area contributed by atoms with E-state index in [1.165, 1.54) is 18.2 Å². The van der Waals surface area contributed by atoms with Crippen molar-refractivity contribution in [3.63, 3.8) is 0 Å². The average Bonchev–Trinajstić information content (AvgIpc) is 2.76. The number of imide groups is 1. The minimum Gasteiger partial charge on any atom is -0.443 e. The lowest BCUT2D eigenvalue weighted by atomic mass is 9.89. The zero-order valence-corrected chi connectivity index (χ0v) is 13.7. The predicted molar refractivity (Wildman–Crippen MR) is 88.5 cm³/mol. The van der Waals surface area contributed by atoms with Crippen molar-refractivity contribution < 1.29 is 18.7 Å². The van der Waals surface area contributed by atoms with Gasteiger partial charge in [0.05, 0.1) is 5.69 Å². The third-order valence-corrected chi connectivity index (χ3v) is 3.76. The molecule has 24 heavy (non-hydrogen) atoms. The van der Waals surface area contributed by atoms with Crippen molar-refractivity contribution in [2.75, 3.05) is 4.90 Å². The SMILES string of the molecule is CC(C)(C)OC(=O)N1C(=O)[C@](F)(c2ccccc2)c2ccccc21. The molecule has 0 bridgehead atoms. The molecule has 1 aliphatic heterocycles. The van der Waals surface area contributed by atoms with Crippen LogP contribution in [0.4, 0.5) is 14.9 Å². The Kier molecular flexibility index (Phi) is 3.67. The number of amides is 2. The highest BCUT2D eigenvalue weighted by molar-refractivity contribution is 6.21. The van der Waals surface area contributed by atoms with Gasteiger partial charge in [0.15, 0.2) is 0 Å². The van der Waals surface area contributed by atoms with Gasteiger partial charge in [-0.05, 0) is 26.8 Å². The fourth-order valence-electron chi connectivity index (χ4n) is 2.77. The molecule has 2 amide bonds. The zero-order chi connectivity index (χ0) is 17.5. The molecule has 0 unspecified atom stereocenters. The number of ether oxygens (including phenoxy) is 1. The number of benzene rings is 2. The molecule has 3 rings (SSSR count). The summed E-state index contributed by atoms with van der Waals surface area (Å²) in [7, 11) is 0. The molecule has 1 heterocycles. The number of alkyl halides is 1. The highest BCUT2D eigenvalue weighted by Crippen LogP contribution is 2.47. The lowest BCUT2D eigenvalue weighted by Crippen LogP contribution is -2.44. The van der Waals surface area contributed by atoms with Crippen LogP contribution >= 0.6 is 0 Å². The van der Waals surface area contributed by atoms with E-state index in [4.69, 9.17) is 4.74 Å². The lowest BCUT2D eigenvalue weighted by molar-refractivity contribution is -0.126. The number of nitrogens with zero attached hydrogens (tertiary/aromatic N) is 1. The number of halogens is 1. The highest BCUT2D eigenvalue weighted by atomic mass is 19.1. The van der Waals surface area contributed by atoms with E-state index < -0.39 is 23.3 Å². The van der Waals surface area contributed by atoms with Crippen LogP contribution in [0.5, 0.6) is 0 Å². The van der Waals surface area contributed by atoms with Gasteiger partial charge in [-0.2, -0.15) is 0 Å². The molecule has 5 heteroatoms. The summed E-state index contributed by atoms with van der Waals surface area (Å²) in [6, 6.07) is 14.5. The zero-order valence-electron chi connectivity index (χ0n) is 13.7. The maximum absolute atomic E-state index is 15.9. The number of hydrogen-bond donors (Lipinski definition) is 0. The van der Waals surface area contributed by atoms with Crippen molar-refractivity contribution in [3.05, 3.63) is 65.7 Å². The third-order valence-electron chi connectivity index (χ3n) is 3.76. The number of rotatable bonds is 1. The second kappa shape index (κ2) is 5.44. The Labute approximate surface area is 139 Å². The fourth-order valence-corrected chi connectivity index (χ4v) is 2.77. The molecule has 4 nitrogen and oxygen atoms in total. The van der Waals surface area contributed by atoms with Crippen LogP contribution in [0.15, 0.2) is 54.6 Å². The maximum Gasteiger partial charge on any atom is 0.421 e. The van der Waals surface area contributed by atoms with Crippen LogP contribution in [0, 0.1) is 0 Å². The minimum absolute atomic E-state index is 0.145. The van der Waals surface area contributed by atoms with Crippen molar-refractivity contribution >= 4 is 17.7 Å². The predicted octanol–water partition coefficient (Wildman–Crippen LogP) is 4.18. The van der Waals surface area contributed by atoms with Gasteiger partial charge in [0.2, 0.25) is 5.67 Å². The molecule has 2 aromatic carbocycles. The molecule has 1 aliphatic rings. The molecule has 2 aromatic rings. The average molecular weight is 327 g/mol. The minimum atomic E-state index is -2.41. The van der Waals surface area contributed by atoms with Crippen LogP contribution in [0.1, 0.15) is 31.9 Å². The van der Waals surface area contributed by atoms with Crippen molar-refractivity contribution in [1.82, 2.24) is 0 Å². The molecule has 1 atom stereocenters. The van der Waals surface area contributed by atoms with Crippen LogP contribution < -0.4 is 4.90 Å². The smallest absolute Gasteiger partial charge is 0.421 e. The van der Waals surface area contributed by atoms with E-state index in [9.17, 15) is 9.59 Å². The number of hydrogen-bond acceptors (Lipinski definition) is 3. The maximum atomic E-state index is 15.9. The van der Waals surface area contributed by atoms with Crippen LogP contribution in [0.2, 0.25) is 0 Å². The molecule has 0 fully saturated rings. The van der Waals surface area contributed by atoms with Crippen LogP contribution in [-0.4, -0.2) is 17.6 Å². The summed E-state index contributed by atoms with van der Waals surface area (Å²) in [4.78, 5) is 26.1. The van der Waals surface area contributed by atoms with Crippen molar-refractivity contribution in [2.45, 2.75) is 32.0 Å². The largest absolute Gasteiger partial charge is 0.443 e. The van der Waals surface area contributed by atoms with Gasteiger partial charge in [0, 0.05) is 11.1 Å². The number of para-hydroxylation sites is 1. The van der Waals surface area contributed by atoms with E-state index in [0.717, 1.165) is 4.90 Å². The van der Waals surface area contributed by atoms with E-state index >= 15 is 4.39 Å². The summed E-state index contributed by atoms with van der Waals surface area (Å²) in [5.41, 5.74) is -2.65. The summed E-state index contributed by atoms with van der Waals surface area (Å²) in [5, 5.41) is 0. The van der Waals surface area contributed by atoms with Gasteiger partial charge in [-0.1, -0.05) is 48.5 Å². The number of anilines is 1. The Morgan fingerprint density at radius 2 is 1.62 bits per heavy atom. The van der Waals surface area contributed by atoms with Gasteiger partial charge in [-0.3, -0.25) is 4.79 Å². The molecule has 0 aromatic heterocycles. The van der Waals surface area contributed by atoms with Gasteiger partial charge >= 0.3 is 6.09 Å². The Hall–Kier alpha value is -2.69. The summed E-state index contributed by atoms with van der Waals surface area (Å²) in [5.74, 6) is -0.954. The number of carbonyl (C=O) groups is 2. The summed E-state index contributed by atoms with van der Waals surface area (Å²) >= 11 is 0. The van der Waals surface area contributed by atoms with Crippen LogP contribution in [0.25, 0.3) is 0 Å². The van der Waals surface area contributed by atoms with Gasteiger partial charge in [-0.15, -0.1) is 0 Å². The first-order valence-corrected chi connectivity index (χ1v) is 7.66. The van der Waals surface area contributed by atoms with E-state index in [1.54, 1.807) is 57.2 Å². The molecule has 0 aliphatic carbocycles. The topological polar surface area (TPSA) is 46.6 Å². The van der Waals surface area contributed by atoms with E-state index in [2.05, 4.69) is 0 Å². The summed E-state index contributed by atoms with van der Waals surface area (Å²) in [6.45, 7) is 5.08. The molecule has 0 saturated carbocycles. The molecule has 0 radical (unpaired) electrons. The Morgan fingerprint density at radius 3 is 2.25 bits per heavy atom. The first kappa shape index (κ1) is 16.2. The van der Waals surface area contributed by atoms with Crippen LogP contribution in [-0.2, 0) is 15.2 Å². The summed E-state index contributed by atoms with van der Waals surface area (Å²) in [6.07, 6.45) is -0.879.